The molecule has 2 aromatic carbocycles. The van der Waals surface area contributed by atoms with Gasteiger partial charge in [-0.25, -0.2) is 0 Å². The number of nitrogens with one attached hydrogen (secondary N) is 1. The minimum atomic E-state index is -0.129. The zero-order chi connectivity index (χ0) is 18.2. The van der Waals surface area contributed by atoms with Crippen LogP contribution in [0.15, 0.2) is 63.9 Å². The van der Waals surface area contributed by atoms with Crippen LogP contribution in [-0.4, -0.2) is 21.9 Å². The Kier molecular flexibility index (Phi) is 6.44. The Morgan fingerprint density at radius 3 is 2.50 bits per heavy atom. The Labute approximate surface area is 157 Å². The number of thioether (sulfide) groups is 1. The van der Waals surface area contributed by atoms with Gasteiger partial charge in [-0.3, -0.25) is 10.1 Å². The van der Waals surface area contributed by atoms with E-state index in [2.05, 4.69) is 46.7 Å². The zero-order valence-electron chi connectivity index (χ0n) is 14.6. The first kappa shape index (κ1) is 18.2. The molecule has 3 aromatic rings. The van der Waals surface area contributed by atoms with Gasteiger partial charge in [0.1, 0.15) is 0 Å². The van der Waals surface area contributed by atoms with Crippen molar-refractivity contribution in [2.24, 2.45) is 0 Å². The molecule has 0 saturated heterocycles. The maximum atomic E-state index is 12.0. The third kappa shape index (κ3) is 5.46. The molecule has 6 heteroatoms. The lowest BCUT2D eigenvalue weighted by Gasteiger charge is -2.01. The predicted molar refractivity (Wildman–Crippen MR) is 103 cm³/mol. The van der Waals surface area contributed by atoms with E-state index in [-0.39, 0.29) is 11.9 Å². The molecule has 1 N–H and O–H groups in total. The third-order valence-corrected chi connectivity index (χ3v) is 4.85. The first-order valence-corrected chi connectivity index (χ1v) is 9.59. The fourth-order valence-electron chi connectivity index (χ4n) is 2.40. The lowest BCUT2D eigenvalue weighted by Crippen LogP contribution is -2.12. The van der Waals surface area contributed by atoms with Crippen LogP contribution < -0.4 is 5.32 Å². The van der Waals surface area contributed by atoms with Crippen molar-refractivity contribution in [2.75, 3.05) is 11.1 Å². The Morgan fingerprint density at radius 1 is 1.04 bits per heavy atom. The van der Waals surface area contributed by atoms with Gasteiger partial charge in [-0.2, -0.15) is 0 Å². The molecule has 0 radical (unpaired) electrons. The molecule has 5 nitrogen and oxygen atoms in total. The molecule has 3 rings (SSSR count). The summed E-state index contributed by atoms with van der Waals surface area (Å²) in [6, 6.07) is 18.5. The lowest BCUT2D eigenvalue weighted by atomic mass is 10.1. The van der Waals surface area contributed by atoms with Crippen LogP contribution in [0, 0.1) is 0 Å². The second-order valence-electron chi connectivity index (χ2n) is 5.81. The summed E-state index contributed by atoms with van der Waals surface area (Å²) in [5, 5.41) is 10.6. The van der Waals surface area contributed by atoms with E-state index < -0.39 is 0 Å². The second-order valence-corrected chi connectivity index (χ2v) is 6.98. The topological polar surface area (TPSA) is 68.0 Å². The van der Waals surface area contributed by atoms with Crippen molar-refractivity contribution in [3.63, 3.8) is 0 Å². The van der Waals surface area contributed by atoms with Crippen LogP contribution in [0.1, 0.15) is 30.4 Å². The van der Waals surface area contributed by atoms with Crippen LogP contribution in [0.2, 0.25) is 0 Å². The van der Waals surface area contributed by atoms with Crippen molar-refractivity contribution in [1.82, 2.24) is 10.2 Å². The molecule has 0 saturated carbocycles. The molecule has 1 amide bonds. The van der Waals surface area contributed by atoms with Gasteiger partial charge in [0.15, 0.2) is 0 Å². The summed E-state index contributed by atoms with van der Waals surface area (Å²) in [4.78, 5) is 13.1. The molecular weight excluding hydrogens is 346 g/mol. The van der Waals surface area contributed by atoms with E-state index in [1.54, 1.807) is 11.8 Å². The highest BCUT2D eigenvalue weighted by Crippen LogP contribution is 2.18. The number of anilines is 1. The number of carbonyl (C=O) groups excluding carboxylic acids is 1. The van der Waals surface area contributed by atoms with E-state index in [1.165, 1.54) is 5.56 Å². The molecule has 0 spiro atoms. The Bertz CT molecular complexity index is 832. The fourth-order valence-corrected chi connectivity index (χ4v) is 3.28. The van der Waals surface area contributed by atoms with Crippen molar-refractivity contribution in [1.29, 1.82) is 0 Å². The van der Waals surface area contributed by atoms with Gasteiger partial charge in [0, 0.05) is 17.1 Å². The van der Waals surface area contributed by atoms with Crippen LogP contribution >= 0.6 is 11.8 Å². The third-order valence-electron chi connectivity index (χ3n) is 3.84. The molecule has 1 heterocycles. The molecule has 0 unspecified atom stereocenters. The predicted octanol–water partition coefficient (Wildman–Crippen LogP) is 4.34. The lowest BCUT2D eigenvalue weighted by molar-refractivity contribution is -0.115. The highest BCUT2D eigenvalue weighted by molar-refractivity contribution is 7.99. The largest absolute Gasteiger partial charge is 0.407 e. The van der Waals surface area contributed by atoms with Gasteiger partial charge in [-0.15, -0.1) is 16.9 Å². The summed E-state index contributed by atoms with van der Waals surface area (Å²) in [6.07, 6.45) is 1.95. The van der Waals surface area contributed by atoms with E-state index in [0.717, 1.165) is 16.9 Å². The molecule has 0 aliphatic heterocycles. The van der Waals surface area contributed by atoms with Crippen molar-refractivity contribution < 1.29 is 9.21 Å². The van der Waals surface area contributed by atoms with Crippen LogP contribution in [0.4, 0.5) is 6.01 Å². The van der Waals surface area contributed by atoms with Crippen molar-refractivity contribution in [3.05, 3.63) is 71.6 Å². The van der Waals surface area contributed by atoms with E-state index in [9.17, 15) is 4.79 Å². The number of nitrogens with zero attached hydrogens (tertiary/aromatic N) is 2. The number of carbonyl (C=O) groups is 1. The van der Waals surface area contributed by atoms with Gasteiger partial charge in [-0.05, 0) is 29.7 Å². The Balaban J connectivity index is 1.45. The zero-order valence-corrected chi connectivity index (χ0v) is 15.5. The Morgan fingerprint density at radius 2 is 1.77 bits per heavy atom. The molecule has 0 atom stereocenters. The monoisotopic (exact) mass is 367 g/mol. The summed E-state index contributed by atoms with van der Waals surface area (Å²) in [7, 11) is 0. The summed E-state index contributed by atoms with van der Waals surface area (Å²) < 4.78 is 5.52. The Hall–Kier alpha value is -2.60. The molecule has 0 fully saturated rings. The van der Waals surface area contributed by atoms with Gasteiger partial charge in [0.25, 0.3) is 0 Å². The summed E-state index contributed by atoms with van der Waals surface area (Å²) in [5.74, 6) is 1.06. The molecule has 0 bridgehead atoms. The van der Waals surface area contributed by atoms with Gasteiger partial charge >= 0.3 is 6.01 Å². The maximum absolute atomic E-state index is 12.0. The normalized spacial score (nSPS) is 10.7. The first-order valence-electron chi connectivity index (χ1n) is 8.61. The number of aromatic nitrogens is 2. The summed E-state index contributed by atoms with van der Waals surface area (Å²) >= 11 is 1.64. The van der Waals surface area contributed by atoms with E-state index in [4.69, 9.17) is 4.42 Å². The van der Waals surface area contributed by atoms with Gasteiger partial charge < -0.3 is 4.42 Å². The number of hydrogen-bond acceptors (Lipinski definition) is 5. The molecular formula is C20H21N3O2S. The fraction of sp³-hybridized carbons (Fsp3) is 0.250. The minimum absolute atomic E-state index is 0.129. The van der Waals surface area contributed by atoms with Crippen molar-refractivity contribution in [3.8, 4) is 0 Å². The number of aryl methyl sites for hydroxylation is 1. The van der Waals surface area contributed by atoms with E-state index in [0.29, 0.717) is 24.5 Å². The van der Waals surface area contributed by atoms with Gasteiger partial charge in [0.2, 0.25) is 11.8 Å². The van der Waals surface area contributed by atoms with Crippen LogP contribution in [-0.2, 0) is 17.6 Å². The number of benzene rings is 2. The van der Waals surface area contributed by atoms with Crippen LogP contribution in [0.25, 0.3) is 0 Å². The van der Waals surface area contributed by atoms with Gasteiger partial charge in [0.05, 0.1) is 6.42 Å². The quantitative estimate of drug-likeness (QED) is 0.600. The second kappa shape index (κ2) is 9.20. The van der Waals surface area contributed by atoms with Crippen LogP contribution in [0.5, 0.6) is 0 Å². The average Bonchev–Trinajstić information content (AvgIpc) is 3.10. The summed E-state index contributed by atoms with van der Waals surface area (Å²) in [6.45, 7) is 2.13. The minimum Gasteiger partial charge on any atom is -0.407 e. The number of rotatable bonds is 8. The SMILES string of the molecule is CCc1ccc(Cc2nnc(NC(=O)CCSc3ccccc3)o2)cc1. The highest BCUT2D eigenvalue weighted by Gasteiger charge is 2.10. The van der Waals surface area contributed by atoms with Crippen molar-refractivity contribution in [2.45, 2.75) is 31.1 Å². The average molecular weight is 367 g/mol. The molecule has 134 valence electrons. The number of amides is 1. The summed E-state index contributed by atoms with van der Waals surface area (Å²) in [5.41, 5.74) is 2.39. The van der Waals surface area contributed by atoms with Crippen molar-refractivity contribution >= 4 is 23.7 Å². The molecule has 0 aliphatic rings. The standard InChI is InChI=1S/C20H21N3O2S/c1-2-15-8-10-16(11-9-15)14-19-22-23-20(25-19)21-18(24)12-13-26-17-6-4-3-5-7-17/h3-11H,2,12-14H2,1H3,(H,21,23,24). The highest BCUT2D eigenvalue weighted by atomic mass is 32.2. The molecule has 0 aliphatic carbocycles. The molecule has 1 aromatic heterocycles. The number of hydrogen-bond donors (Lipinski definition) is 1. The molecule has 26 heavy (non-hydrogen) atoms. The van der Waals surface area contributed by atoms with Crippen LogP contribution in [0.3, 0.4) is 0 Å². The maximum Gasteiger partial charge on any atom is 0.322 e. The van der Waals surface area contributed by atoms with Gasteiger partial charge in [-0.1, -0.05) is 54.5 Å². The van der Waals surface area contributed by atoms with E-state index in [1.807, 2.05) is 30.3 Å². The van der Waals surface area contributed by atoms with E-state index >= 15 is 0 Å². The first-order chi connectivity index (χ1) is 12.7. The smallest absolute Gasteiger partial charge is 0.322 e.